The number of carbonyl (C=O) groups excluding carboxylic acids is 1. The SMILES string of the molecule is COC(=O)c1cccc(OCF)c1OCF. The van der Waals surface area contributed by atoms with Crippen LogP contribution in [0.2, 0.25) is 0 Å². The van der Waals surface area contributed by atoms with Crippen LogP contribution < -0.4 is 9.47 Å². The molecule has 0 aliphatic rings. The van der Waals surface area contributed by atoms with E-state index in [-0.39, 0.29) is 17.1 Å². The zero-order chi connectivity index (χ0) is 12.0. The Balaban J connectivity index is 3.15. The van der Waals surface area contributed by atoms with Crippen molar-refractivity contribution in [2.24, 2.45) is 0 Å². The van der Waals surface area contributed by atoms with E-state index in [9.17, 15) is 13.6 Å². The lowest BCUT2D eigenvalue weighted by Gasteiger charge is -2.11. The lowest BCUT2D eigenvalue weighted by Crippen LogP contribution is -2.07. The molecule has 0 spiro atoms. The molecule has 0 aliphatic carbocycles. The van der Waals surface area contributed by atoms with E-state index in [0.29, 0.717) is 0 Å². The standard InChI is InChI=1S/C10H10F2O4/c1-14-10(13)7-3-2-4-8(15-5-11)9(7)16-6-12/h2-4H,5-6H2,1H3. The maximum Gasteiger partial charge on any atom is 0.341 e. The van der Waals surface area contributed by atoms with E-state index in [2.05, 4.69) is 14.2 Å². The topological polar surface area (TPSA) is 44.8 Å². The molecular weight excluding hydrogens is 222 g/mol. The molecule has 6 heteroatoms. The molecule has 88 valence electrons. The van der Waals surface area contributed by atoms with Gasteiger partial charge in [0, 0.05) is 0 Å². The first-order chi connectivity index (χ1) is 7.74. The second-order valence-electron chi connectivity index (χ2n) is 2.63. The van der Waals surface area contributed by atoms with Gasteiger partial charge in [0.05, 0.1) is 7.11 Å². The van der Waals surface area contributed by atoms with Gasteiger partial charge in [-0.25, -0.2) is 13.6 Å². The Hall–Kier alpha value is -1.85. The molecule has 0 saturated carbocycles. The summed E-state index contributed by atoms with van der Waals surface area (Å²) in [5.74, 6) is -0.940. The fourth-order valence-corrected chi connectivity index (χ4v) is 1.16. The third-order valence-corrected chi connectivity index (χ3v) is 1.79. The Kier molecular flexibility index (Phi) is 4.50. The minimum Gasteiger partial charge on any atom is -0.465 e. The van der Waals surface area contributed by atoms with Crippen LogP contribution >= 0.6 is 0 Å². The summed E-state index contributed by atoms with van der Waals surface area (Å²) in [5, 5.41) is 0. The van der Waals surface area contributed by atoms with Crippen molar-refractivity contribution in [1.82, 2.24) is 0 Å². The molecule has 0 heterocycles. The predicted octanol–water partition coefficient (Wildman–Crippen LogP) is 2.08. The largest absolute Gasteiger partial charge is 0.465 e. The van der Waals surface area contributed by atoms with E-state index in [1.807, 2.05) is 0 Å². The first kappa shape index (κ1) is 12.2. The van der Waals surface area contributed by atoms with Crippen molar-refractivity contribution in [3.05, 3.63) is 23.8 Å². The minimum absolute atomic E-state index is 0.0221. The number of hydrogen-bond acceptors (Lipinski definition) is 4. The van der Waals surface area contributed by atoms with Crippen LogP contribution in [0.3, 0.4) is 0 Å². The lowest BCUT2D eigenvalue weighted by atomic mass is 10.2. The first-order valence-electron chi connectivity index (χ1n) is 4.33. The average molecular weight is 232 g/mol. The number of alkyl halides is 2. The summed E-state index contributed by atoms with van der Waals surface area (Å²) in [4.78, 5) is 11.3. The molecule has 1 aromatic rings. The molecular formula is C10H10F2O4. The van der Waals surface area contributed by atoms with Gasteiger partial charge in [-0.15, -0.1) is 0 Å². The van der Waals surface area contributed by atoms with Crippen molar-refractivity contribution < 1.29 is 27.8 Å². The molecule has 0 bridgehead atoms. The summed E-state index contributed by atoms with van der Waals surface area (Å²) >= 11 is 0. The number of ether oxygens (including phenoxy) is 3. The molecule has 16 heavy (non-hydrogen) atoms. The van der Waals surface area contributed by atoms with Gasteiger partial charge in [-0.2, -0.15) is 0 Å². The van der Waals surface area contributed by atoms with Gasteiger partial charge in [0.15, 0.2) is 11.5 Å². The number of halogens is 2. The number of rotatable bonds is 5. The van der Waals surface area contributed by atoms with Crippen molar-refractivity contribution in [2.45, 2.75) is 0 Å². The van der Waals surface area contributed by atoms with E-state index < -0.39 is 19.7 Å². The molecule has 0 aliphatic heterocycles. The first-order valence-corrected chi connectivity index (χ1v) is 4.33. The monoisotopic (exact) mass is 232 g/mol. The average Bonchev–Trinajstić information content (AvgIpc) is 2.31. The van der Waals surface area contributed by atoms with Gasteiger partial charge in [-0.05, 0) is 12.1 Å². The van der Waals surface area contributed by atoms with Crippen molar-refractivity contribution in [2.75, 3.05) is 20.8 Å². The van der Waals surface area contributed by atoms with E-state index in [1.165, 1.54) is 25.3 Å². The fraction of sp³-hybridized carbons (Fsp3) is 0.300. The summed E-state index contributed by atoms with van der Waals surface area (Å²) in [6.45, 7) is -2.26. The molecule has 0 radical (unpaired) electrons. The zero-order valence-electron chi connectivity index (χ0n) is 8.54. The van der Waals surface area contributed by atoms with Crippen LogP contribution in [0.1, 0.15) is 10.4 Å². The number of carbonyl (C=O) groups is 1. The highest BCUT2D eigenvalue weighted by atomic mass is 19.1. The number of esters is 1. The van der Waals surface area contributed by atoms with E-state index >= 15 is 0 Å². The molecule has 1 rings (SSSR count). The van der Waals surface area contributed by atoms with Crippen molar-refractivity contribution >= 4 is 5.97 Å². The van der Waals surface area contributed by atoms with Gasteiger partial charge in [0.25, 0.3) is 0 Å². The van der Waals surface area contributed by atoms with E-state index in [0.717, 1.165) is 0 Å². The fourth-order valence-electron chi connectivity index (χ4n) is 1.16. The predicted molar refractivity (Wildman–Crippen MR) is 51.0 cm³/mol. The normalized spacial score (nSPS) is 9.69. The second kappa shape index (κ2) is 5.89. The van der Waals surface area contributed by atoms with Gasteiger partial charge in [0.1, 0.15) is 5.56 Å². The van der Waals surface area contributed by atoms with Crippen molar-refractivity contribution in [1.29, 1.82) is 0 Å². The van der Waals surface area contributed by atoms with Crippen LogP contribution in [0.25, 0.3) is 0 Å². The van der Waals surface area contributed by atoms with E-state index in [1.54, 1.807) is 0 Å². The Labute approximate surface area is 90.7 Å². The van der Waals surface area contributed by atoms with Crippen LogP contribution in [0.5, 0.6) is 11.5 Å². The van der Waals surface area contributed by atoms with Crippen molar-refractivity contribution in [3.8, 4) is 11.5 Å². The highest BCUT2D eigenvalue weighted by Gasteiger charge is 2.17. The zero-order valence-corrected chi connectivity index (χ0v) is 8.54. The molecule has 0 unspecified atom stereocenters. The summed E-state index contributed by atoms with van der Waals surface area (Å²) in [6.07, 6.45) is 0. The number of methoxy groups -OCH3 is 1. The molecule has 0 aromatic heterocycles. The quantitative estimate of drug-likeness (QED) is 0.729. The lowest BCUT2D eigenvalue weighted by molar-refractivity contribution is 0.0590. The molecule has 1 aromatic carbocycles. The van der Waals surface area contributed by atoms with Crippen LogP contribution in [0.4, 0.5) is 8.78 Å². The van der Waals surface area contributed by atoms with Gasteiger partial charge in [0.2, 0.25) is 13.7 Å². The van der Waals surface area contributed by atoms with Crippen LogP contribution in [-0.4, -0.2) is 26.8 Å². The Morgan fingerprint density at radius 2 is 1.94 bits per heavy atom. The molecule has 4 nitrogen and oxygen atoms in total. The van der Waals surface area contributed by atoms with Crippen LogP contribution in [0.15, 0.2) is 18.2 Å². The maximum absolute atomic E-state index is 12.1. The highest BCUT2D eigenvalue weighted by molar-refractivity contribution is 5.93. The Morgan fingerprint density at radius 3 is 2.50 bits per heavy atom. The number of hydrogen-bond donors (Lipinski definition) is 0. The smallest absolute Gasteiger partial charge is 0.341 e. The Morgan fingerprint density at radius 1 is 1.25 bits per heavy atom. The Bertz CT molecular complexity index is 368. The highest BCUT2D eigenvalue weighted by Crippen LogP contribution is 2.31. The summed E-state index contributed by atoms with van der Waals surface area (Å²) < 4.78 is 37.8. The van der Waals surface area contributed by atoms with Gasteiger partial charge in [-0.1, -0.05) is 6.07 Å². The molecule has 0 N–H and O–H groups in total. The molecule has 0 saturated heterocycles. The third kappa shape index (κ3) is 2.59. The summed E-state index contributed by atoms with van der Waals surface area (Å²) in [7, 11) is 1.17. The summed E-state index contributed by atoms with van der Waals surface area (Å²) in [6, 6.07) is 4.17. The number of benzene rings is 1. The van der Waals surface area contributed by atoms with Crippen LogP contribution in [0, 0.1) is 0 Å². The minimum atomic E-state index is -1.16. The third-order valence-electron chi connectivity index (χ3n) is 1.79. The molecule has 0 atom stereocenters. The van der Waals surface area contributed by atoms with Crippen molar-refractivity contribution in [3.63, 3.8) is 0 Å². The van der Waals surface area contributed by atoms with Gasteiger partial charge >= 0.3 is 5.97 Å². The van der Waals surface area contributed by atoms with Gasteiger partial charge < -0.3 is 14.2 Å². The van der Waals surface area contributed by atoms with E-state index in [4.69, 9.17) is 0 Å². The number of para-hydroxylation sites is 1. The van der Waals surface area contributed by atoms with Gasteiger partial charge in [-0.3, -0.25) is 0 Å². The molecule has 0 amide bonds. The molecule has 0 fully saturated rings. The van der Waals surface area contributed by atoms with Crippen LogP contribution in [-0.2, 0) is 4.74 Å². The maximum atomic E-state index is 12.1. The summed E-state index contributed by atoms with van der Waals surface area (Å²) in [5.41, 5.74) is -0.0221. The second-order valence-corrected chi connectivity index (χ2v) is 2.63.